The van der Waals surface area contributed by atoms with Gasteiger partial charge in [0.15, 0.2) is 5.75 Å². The lowest BCUT2D eigenvalue weighted by atomic mass is 10.1. The van der Waals surface area contributed by atoms with E-state index in [-0.39, 0.29) is 17.1 Å². The maximum absolute atomic E-state index is 10.5. The van der Waals surface area contributed by atoms with Crippen LogP contribution in [0.3, 0.4) is 0 Å². The number of phenolic OH excluding ortho intramolecular Hbond substituents is 1. The van der Waals surface area contributed by atoms with Gasteiger partial charge in [-0.3, -0.25) is 10.1 Å². The number of nitrogens with zero attached hydrogens (tertiary/aromatic N) is 3. The summed E-state index contributed by atoms with van der Waals surface area (Å²) in [6, 6.07) is 20.2. The first-order valence-corrected chi connectivity index (χ1v) is 9.72. The summed E-state index contributed by atoms with van der Waals surface area (Å²) in [5.74, 6) is -0.0769. The van der Waals surface area contributed by atoms with Gasteiger partial charge in [-0.2, -0.15) is 5.11 Å². The molecule has 0 saturated heterocycles. The number of non-ortho nitro benzene ring substituents is 1. The third kappa shape index (κ3) is 5.05. The highest BCUT2D eigenvalue weighted by Crippen LogP contribution is 2.44. The lowest BCUT2D eigenvalue weighted by Crippen LogP contribution is -1.95. The largest absolute Gasteiger partial charge is 0.505 e. The Labute approximate surface area is 188 Å². The summed E-state index contributed by atoms with van der Waals surface area (Å²) in [6.07, 6.45) is 0. The number of nitrogen functional groups attached to an aromatic ring is 3. The van der Waals surface area contributed by atoms with Crippen LogP contribution in [0, 0.1) is 10.1 Å². The van der Waals surface area contributed by atoms with Gasteiger partial charge in [-0.1, -0.05) is 24.3 Å². The molecule has 4 aromatic carbocycles. The van der Waals surface area contributed by atoms with Gasteiger partial charge in [-0.05, 0) is 41.8 Å². The van der Waals surface area contributed by atoms with Crippen molar-refractivity contribution in [3.8, 4) is 5.75 Å². The van der Waals surface area contributed by atoms with E-state index in [1.54, 1.807) is 18.2 Å². The van der Waals surface area contributed by atoms with Crippen molar-refractivity contribution < 1.29 is 10.0 Å². The first-order chi connectivity index (χ1) is 15.3. The highest BCUT2D eigenvalue weighted by Gasteiger charge is 2.14. The van der Waals surface area contributed by atoms with E-state index in [2.05, 4.69) is 22.9 Å². The van der Waals surface area contributed by atoms with Crippen LogP contribution in [-0.4, -0.2) is 10.0 Å². The molecule has 10 heteroatoms. The third-order valence-electron chi connectivity index (χ3n) is 4.43. The van der Waals surface area contributed by atoms with Crippen LogP contribution in [0.5, 0.6) is 5.75 Å². The van der Waals surface area contributed by atoms with E-state index in [4.69, 9.17) is 17.2 Å². The molecule has 0 aliphatic rings. The predicted molar refractivity (Wildman–Crippen MR) is 130 cm³/mol. The summed E-state index contributed by atoms with van der Waals surface area (Å²) in [5.41, 5.74) is 19.3. The van der Waals surface area contributed by atoms with Gasteiger partial charge in [-0.25, -0.2) is 0 Å². The van der Waals surface area contributed by atoms with Crippen LogP contribution in [0.25, 0.3) is 10.8 Å². The van der Waals surface area contributed by atoms with Gasteiger partial charge in [0.2, 0.25) is 0 Å². The van der Waals surface area contributed by atoms with E-state index < -0.39 is 4.92 Å². The molecule has 0 atom stereocenters. The Morgan fingerprint density at radius 2 is 1.56 bits per heavy atom. The van der Waals surface area contributed by atoms with Gasteiger partial charge >= 0.3 is 0 Å². The number of nitro benzene ring substituents is 1. The molecule has 0 aromatic heterocycles. The van der Waals surface area contributed by atoms with Gasteiger partial charge in [0.05, 0.1) is 27.4 Å². The second-order valence-corrected chi connectivity index (χ2v) is 7.13. The Bertz CT molecular complexity index is 1300. The van der Waals surface area contributed by atoms with Crippen molar-refractivity contribution in [3.05, 3.63) is 82.9 Å². The Kier molecular flexibility index (Phi) is 6.76. The van der Waals surface area contributed by atoms with E-state index >= 15 is 0 Å². The molecule has 0 radical (unpaired) electrons. The molecule has 0 saturated carbocycles. The number of rotatable bonds is 3. The lowest BCUT2D eigenvalue weighted by Gasteiger charge is -2.10. The fourth-order valence-corrected chi connectivity index (χ4v) is 3.08. The van der Waals surface area contributed by atoms with Crippen molar-refractivity contribution in [3.63, 3.8) is 0 Å². The standard InChI is InChI=1S/C16H14N4OS.C6H6N2O2/c17-11-7-6-9-8-12(22)15(16(21)13(9)14(11)18)20-19-10-4-2-1-3-5-10;7-5-1-3-6(4-2-5)8(9)10/h1-8,21-22H,17-18H2;1-4H,7H2. The molecule has 0 spiro atoms. The normalized spacial score (nSPS) is 10.7. The van der Waals surface area contributed by atoms with Crippen molar-refractivity contribution >= 4 is 57.5 Å². The molecule has 0 unspecified atom stereocenters. The molecule has 4 rings (SSSR count). The first kappa shape index (κ1) is 22.4. The molecule has 9 nitrogen and oxygen atoms in total. The van der Waals surface area contributed by atoms with Gasteiger partial charge in [-0.15, -0.1) is 17.7 Å². The number of benzene rings is 4. The Balaban J connectivity index is 0.000000243. The number of aromatic hydroxyl groups is 1. The van der Waals surface area contributed by atoms with Crippen LogP contribution in [0.4, 0.5) is 34.1 Å². The Hall–Kier alpha value is -4.31. The topological polar surface area (TPSA) is 166 Å². The van der Waals surface area contributed by atoms with Crippen LogP contribution in [0.2, 0.25) is 0 Å². The molecule has 162 valence electrons. The van der Waals surface area contributed by atoms with Crippen molar-refractivity contribution in [1.82, 2.24) is 0 Å². The van der Waals surface area contributed by atoms with Crippen LogP contribution in [-0.2, 0) is 0 Å². The van der Waals surface area contributed by atoms with Crippen LogP contribution in [0.15, 0.2) is 87.9 Å². The molecule has 0 aliphatic carbocycles. The van der Waals surface area contributed by atoms with Crippen molar-refractivity contribution in [2.75, 3.05) is 17.2 Å². The maximum atomic E-state index is 10.5. The van der Waals surface area contributed by atoms with Crippen LogP contribution < -0.4 is 17.2 Å². The highest BCUT2D eigenvalue weighted by atomic mass is 32.1. The Morgan fingerprint density at radius 3 is 2.19 bits per heavy atom. The monoisotopic (exact) mass is 448 g/mol. The number of nitro groups is 1. The zero-order valence-electron chi connectivity index (χ0n) is 16.7. The van der Waals surface area contributed by atoms with Gasteiger partial charge in [0.1, 0.15) is 5.69 Å². The number of hydrogen-bond donors (Lipinski definition) is 5. The Morgan fingerprint density at radius 1 is 0.906 bits per heavy atom. The number of anilines is 3. The molecule has 4 aromatic rings. The van der Waals surface area contributed by atoms with E-state index in [0.717, 1.165) is 5.39 Å². The summed E-state index contributed by atoms with van der Waals surface area (Å²) in [6.45, 7) is 0. The molecule has 7 N–H and O–H groups in total. The predicted octanol–water partition coefficient (Wildman–Crippen LogP) is 5.59. The maximum Gasteiger partial charge on any atom is 0.269 e. The number of fused-ring (bicyclic) bond motifs is 1. The lowest BCUT2D eigenvalue weighted by molar-refractivity contribution is -0.384. The molecule has 0 amide bonds. The van der Waals surface area contributed by atoms with Crippen LogP contribution in [0.1, 0.15) is 0 Å². The third-order valence-corrected chi connectivity index (χ3v) is 4.77. The van der Waals surface area contributed by atoms with E-state index in [0.29, 0.717) is 33.0 Å². The van der Waals surface area contributed by atoms with Crippen molar-refractivity contribution in [1.29, 1.82) is 0 Å². The summed E-state index contributed by atoms with van der Waals surface area (Å²) < 4.78 is 0. The van der Waals surface area contributed by atoms with Crippen molar-refractivity contribution in [2.45, 2.75) is 4.90 Å². The molecule has 0 fully saturated rings. The summed E-state index contributed by atoms with van der Waals surface area (Å²) >= 11 is 4.36. The minimum Gasteiger partial charge on any atom is -0.505 e. The van der Waals surface area contributed by atoms with Crippen LogP contribution >= 0.6 is 12.6 Å². The van der Waals surface area contributed by atoms with Gasteiger partial charge in [0, 0.05) is 22.7 Å². The number of nitrogens with two attached hydrogens (primary N) is 3. The summed E-state index contributed by atoms with van der Waals surface area (Å²) in [7, 11) is 0. The van der Waals surface area contributed by atoms with E-state index in [1.165, 1.54) is 24.3 Å². The van der Waals surface area contributed by atoms with Crippen molar-refractivity contribution in [2.24, 2.45) is 10.2 Å². The second-order valence-electron chi connectivity index (χ2n) is 6.64. The van der Waals surface area contributed by atoms with E-state index in [1.807, 2.05) is 30.3 Å². The molecular formula is C22H20N6O3S. The average Bonchev–Trinajstić information content (AvgIpc) is 2.77. The summed E-state index contributed by atoms with van der Waals surface area (Å²) in [4.78, 5) is 10.1. The zero-order chi connectivity index (χ0) is 23.3. The number of thiol groups is 1. The molecule has 32 heavy (non-hydrogen) atoms. The molecule has 0 aliphatic heterocycles. The highest BCUT2D eigenvalue weighted by molar-refractivity contribution is 7.80. The fourth-order valence-electron chi connectivity index (χ4n) is 2.79. The average molecular weight is 449 g/mol. The second kappa shape index (κ2) is 9.67. The molecule has 0 bridgehead atoms. The molecular weight excluding hydrogens is 428 g/mol. The fraction of sp³-hybridized carbons (Fsp3) is 0. The minimum atomic E-state index is -0.459. The number of hydrogen-bond acceptors (Lipinski definition) is 9. The zero-order valence-corrected chi connectivity index (χ0v) is 17.6. The minimum absolute atomic E-state index is 0.0641. The van der Waals surface area contributed by atoms with E-state index in [9.17, 15) is 15.2 Å². The quantitative estimate of drug-likeness (QED) is 0.0900. The van der Waals surface area contributed by atoms with Gasteiger partial charge < -0.3 is 22.3 Å². The number of phenols is 1. The smallest absolute Gasteiger partial charge is 0.269 e. The van der Waals surface area contributed by atoms with Gasteiger partial charge in [0.25, 0.3) is 5.69 Å². The SMILES string of the molecule is Nc1ccc([N+](=O)[O-])cc1.Nc1ccc2cc(S)c(N=Nc3ccccc3)c(O)c2c1N. The number of azo groups is 1. The summed E-state index contributed by atoms with van der Waals surface area (Å²) in [5, 5.41) is 30.0. The first-order valence-electron chi connectivity index (χ1n) is 9.27. The molecule has 0 heterocycles.